The Morgan fingerprint density at radius 1 is 0.682 bits per heavy atom. The summed E-state index contributed by atoms with van der Waals surface area (Å²) in [7, 11) is 0. The Kier molecular flexibility index (Phi) is 4.39. The Morgan fingerprint density at radius 2 is 1.32 bits per heavy atom. The fourth-order valence-corrected chi connectivity index (χ4v) is 3.15. The lowest BCUT2D eigenvalue weighted by Crippen LogP contribution is -2.01. The third-order valence-corrected chi connectivity index (χ3v) is 4.33. The van der Waals surface area contributed by atoms with Crippen molar-refractivity contribution in [1.82, 2.24) is 0 Å². The van der Waals surface area contributed by atoms with Gasteiger partial charge in [-0.05, 0) is 53.1 Å². The molecule has 0 bridgehead atoms. The Balaban J connectivity index is 2.09. The standard InChI is InChI=1S/C22H22/c1-3-20-21(19-12-8-5-9-13-19)15-14-17(2)22(20)16-18-10-6-4-7-11-18/h4-15H,3,16H2,1-2H3. The first kappa shape index (κ1) is 14.6. The molecule has 0 N–H and O–H groups in total. The first-order chi connectivity index (χ1) is 10.8. The van der Waals surface area contributed by atoms with Gasteiger partial charge in [-0.1, -0.05) is 79.7 Å². The third-order valence-electron chi connectivity index (χ3n) is 4.33. The maximum Gasteiger partial charge on any atom is -0.00202 e. The van der Waals surface area contributed by atoms with Gasteiger partial charge in [0.05, 0.1) is 0 Å². The summed E-state index contributed by atoms with van der Waals surface area (Å²) in [5.74, 6) is 0. The fourth-order valence-electron chi connectivity index (χ4n) is 3.15. The van der Waals surface area contributed by atoms with Gasteiger partial charge < -0.3 is 0 Å². The van der Waals surface area contributed by atoms with Crippen LogP contribution >= 0.6 is 0 Å². The van der Waals surface area contributed by atoms with Crippen molar-refractivity contribution in [1.29, 1.82) is 0 Å². The molecule has 0 radical (unpaired) electrons. The quantitative estimate of drug-likeness (QED) is 0.567. The molecule has 3 aromatic carbocycles. The zero-order chi connectivity index (χ0) is 15.4. The van der Waals surface area contributed by atoms with Crippen molar-refractivity contribution in [3.63, 3.8) is 0 Å². The number of benzene rings is 3. The van der Waals surface area contributed by atoms with Gasteiger partial charge in [0, 0.05) is 0 Å². The second kappa shape index (κ2) is 6.62. The first-order valence-corrected chi connectivity index (χ1v) is 8.00. The topological polar surface area (TPSA) is 0 Å². The number of hydrogen-bond donors (Lipinski definition) is 0. The van der Waals surface area contributed by atoms with Gasteiger partial charge in [0.1, 0.15) is 0 Å². The molecule has 0 aliphatic heterocycles. The molecular formula is C22H22. The summed E-state index contributed by atoms with van der Waals surface area (Å²) in [6, 6.07) is 26.0. The van der Waals surface area contributed by atoms with Gasteiger partial charge in [-0.2, -0.15) is 0 Å². The van der Waals surface area contributed by atoms with Crippen molar-refractivity contribution >= 4 is 0 Å². The van der Waals surface area contributed by atoms with Crippen molar-refractivity contribution in [3.8, 4) is 11.1 Å². The highest BCUT2D eigenvalue weighted by atomic mass is 14.2. The summed E-state index contributed by atoms with van der Waals surface area (Å²) >= 11 is 0. The normalized spacial score (nSPS) is 10.6. The number of hydrogen-bond acceptors (Lipinski definition) is 0. The molecule has 0 nitrogen and oxygen atoms in total. The van der Waals surface area contributed by atoms with Gasteiger partial charge >= 0.3 is 0 Å². The molecule has 0 atom stereocenters. The van der Waals surface area contributed by atoms with Crippen LogP contribution in [-0.2, 0) is 12.8 Å². The predicted molar refractivity (Wildman–Crippen MR) is 95.2 cm³/mol. The molecule has 0 unspecified atom stereocenters. The van der Waals surface area contributed by atoms with E-state index in [0.29, 0.717) is 0 Å². The molecular weight excluding hydrogens is 264 g/mol. The second-order valence-electron chi connectivity index (χ2n) is 5.77. The molecule has 0 fully saturated rings. The van der Waals surface area contributed by atoms with E-state index in [1.165, 1.54) is 33.4 Å². The minimum atomic E-state index is 1.01. The average molecular weight is 286 g/mol. The number of aryl methyl sites for hydroxylation is 1. The molecule has 110 valence electrons. The highest BCUT2D eigenvalue weighted by Crippen LogP contribution is 2.30. The fraction of sp³-hybridized carbons (Fsp3) is 0.182. The maximum absolute atomic E-state index is 2.28. The van der Waals surface area contributed by atoms with Crippen LogP contribution in [0.1, 0.15) is 29.2 Å². The largest absolute Gasteiger partial charge is 0.0622 e. The second-order valence-corrected chi connectivity index (χ2v) is 5.77. The lowest BCUT2D eigenvalue weighted by atomic mass is 9.88. The lowest BCUT2D eigenvalue weighted by Gasteiger charge is -2.17. The molecule has 0 aromatic heterocycles. The first-order valence-electron chi connectivity index (χ1n) is 8.00. The summed E-state index contributed by atoms with van der Waals surface area (Å²) < 4.78 is 0. The minimum absolute atomic E-state index is 1.01. The predicted octanol–water partition coefficient (Wildman–Crippen LogP) is 5.82. The summed E-state index contributed by atoms with van der Waals surface area (Å²) in [4.78, 5) is 0. The molecule has 3 aromatic rings. The van der Waals surface area contributed by atoms with E-state index in [4.69, 9.17) is 0 Å². The Bertz CT molecular complexity index is 740. The van der Waals surface area contributed by atoms with Crippen molar-refractivity contribution in [3.05, 3.63) is 95.1 Å². The molecule has 0 aliphatic rings. The molecule has 0 aliphatic carbocycles. The highest BCUT2D eigenvalue weighted by Gasteiger charge is 2.11. The van der Waals surface area contributed by atoms with Gasteiger partial charge in [-0.15, -0.1) is 0 Å². The maximum atomic E-state index is 2.28. The zero-order valence-electron chi connectivity index (χ0n) is 13.3. The van der Waals surface area contributed by atoms with E-state index >= 15 is 0 Å². The molecule has 22 heavy (non-hydrogen) atoms. The van der Waals surface area contributed by atoms with Gasteiger partial charge in [0.2, 0.25) is 0 Å². The lowest BCUT2D eigenvalue weighted by molar-refractivity contribution is 1.04. The van der Waals surface area contributed by atoms with Crippen molar-refractivity contribution in [2.24, 2.45) is 0 Å². The van der Waals surface area contributed by atoms with Crippen LogP contribution in [-0.4, -0.2) is 0 Å². The van der Waals surface area contributed by atoms with E-state index in [-0.39, 0.29) is 0 Å². The van der Waals surface area contributed by atoms with E-state index in [2.05, 4.69) is 86.6 Å². The molecule has 0 saturated heterocycles. The van der Waals surface area contributed by atoms with Gasteiger partial charge in [0.25, 0.3) is 0 Å². The van der Waals surface area contributed by atoms with Crippen molar-refractivity contribution < 1.29 is 0 Å². The van der Waals surface area contributed by atoms with Crippen LogP contribution in [0.25, 0.3) is 11.1 Å². The van der Waals surface area contributed by atoms with E-state index in [0.717, 1.165) is 12.8 Å². The Morgan fingerprint density at radius 3 is 1.95 bits per heavy atom. The van der Waals surface area contributed by atoms with E-state index in [1.807, 2.05) is 0 Å². The molecule has 0 heterocycles. The SMILES string of the molecule is CCc1c(-c2ccccc2)ccc(C)c1Cc1ccccc1. The summed E-state index contributed by atoms with van der Waals surface area (Å²) in [6.45, 7) is 4.49. The Labute approximate surface area is 133 Å². The third kappa shape index (κ3) is 2.96. The van der Waals surface area contributed by atoms with Crippen LogP contribution in [0.5, 0.6) is 0 Å². The van der Waals surface area contributed by atoms with Crippen LogP contribution < -0.4 is 0 Å². The average Bonchev–Trinajstić information content (AvgIpc) is 2.58. The summed E-state index contributed by atoms with van der Waals surface area (Å²) in [6.07, 6.45) is 2.07. The molecule has 0 spiro atoms. The Hall–Kier alpha value is -2.34. The van der Waals surface area contributed by atoms with Crippen molar-refractivity contribution in [2.45, 2.75) is 26.7 Å². The van der Waals surface area contributed by atoms with Crippen LogP contribution in [0.3, 0.4) is 0 Å². The van der Waals surface area contributed by atoms with Crippen LogP contribution in [0.15, 0.2) is 72.8 Å². The summed E-state index contributed by atoms with van der Waals surface area (Å²) in [5.41, 5.74) is 8.42. The van der Waals surface area contributed by atoms with E-state index in [1.54, 1.807) is 0 Å². The monoisotopic (exact) mass is 286 g/mol. The molecule has 0 amide bonds. The van der Waals surface area contributed by atoms with E-state index in [9.17, 15) is 0 Å². The summed E-state index contributed by atoms with van der Waals surface area (Å²) in [5, 5.41) is 0. The van der Waals surface area contributed by atoms with E-state index < -0.39 is 0 Å². The number of rotatable bonds is 4. The molecule has 0 heteroatoms. The minimum Gasteiger partial charge on any atom is -0.0622 e. The smallest absolute Gasteiger partial charge is 0.00202 e. The van der Waals surface area contributed by atoms with Crippen molar-refractivity contribution in [2.75, 3.05) is 0 Å². The van der Waals surface area contributed by atoms with Gasteiger partial charge in [0.15, 0.2) is 0 Å². The molecule has 3 rings (SSSR count). The van der Waals surface area contributed by atoms with Crippen LogP contribution in [0.2, 0.25) is 0 Å². The van der Waals surface area contributed by atoms with Crippen LogP contribution in [0.4, 0.5) is 0 Å². The van der Waals surface area contributed by atoms with Crippen LogP contribution in [0, 0.1) is 6.92 Å². The van der Waals surface area contributed by atoms with Gasteiger partial charge in [-0.3, -0.25) is 0 Å². The zero-order valence-corrected chi connectivity index (χ0v) is 13.3. The van der Waals surface area contributed by atoms with Gasteiger partial charge in [-0.25, -0.2) is 0 Å². The highest BCUT2D eigenvalue weighted by molar-refractivity contribution is 5.70. The molecule has 0 saturated carbocycles.